The Bertz CT molecular complexity index is 503. The van der Waals surface area contributed by atoms with Gasteiger partial charge in [0.25, 0.3) is 0 Å². The Labute approximate surface area is 97.5 Å². The lowest BCUT2D eigenvalue weighted by molar-refractivity contribution is 0.714. The van der Waals surface area contributed by atoms with E-state index in [-0.39, 0.29) is 5.11 Å². The van der Waals surface area contributed by atoms with E-state index < -0.39 is 0 Å². The summed E-state index contributed by atoms with van der Waals surface area (Å²) in [6, 6.07) is 7.52. The Balaban J connectivity index is 2.26. The highest BCUT2D eigenvalue weighted by atomic mass is 32.1. The largest absolute Gasteiger partial charge is 0.376 e. The number of anilines is 1. The van der Waals surface area contributed by atoms with Crippen LogP contribution in [-0.2, 0) is 7.05 Å². The van der Waals surface area contributed by atoms with Crippen LogP contribution in [0.2, 0.25) is 0 Å². The lowest BCUT2D eigenvalue weighted by Gasteiger charge is -2.04. The molecule has 0 amide bonds. The molecular weight excluding hydrogens is 224 g/mol. The molecule has 0 bridgehead atoms. The first-order chi connectivity index (χ1) is 7.66. The van der Waals surface area contributed by atoms with Gasteiger partial charge in [-0.25, -0.2) is 4.68 Å². The van der Waals surface area contributed by atoms with Crippen molar-refractivity contribution >= 4 is 23.0 Å². The fourth-order valence-corrected chi connectivity index (χ4v) is 1.44. The number of nitrogens with two attached hydrogens (primary N) is 1. The number of aryl methyl sites for hydroxylation is 1. The minimum absolute atomic E-state index is 0.244. The van der Waals surface area contributed by atoms with Gasteiger partial charge in [0.05, 0.1) is 0 Å². The van der Waals surface area contributed by atoms with Crippen molar-refractivity contribution in [2.24, 2.45) is 12.8 Å². The van der Waals surface area contributed by atoms with E-state index in [9.17, 15) is 0 Å². The molecule has 0 unspecified atom stereocenters. The molecule has 0 aliphatic heterocycles. The monoisotopic (exact) mass is 234 g/mol. The van der Waals surface area contributed by atoms with Crippen LogP contribution in [0.1, 0.15) is 0 Å². The summed E-state index contributed by atoms with van der Waals surface area (Å²) in [6.07, 6.45) is 0. The van der Waals surface area contributed by atoms with Crippen LogP contribution in [-0.4, -0.2) is 25.3 Å². The lowest BCUT2D eigenvalue weighted by atomic mass is 10.2. The van der Waals surface area contributed by atoms with E-state index in [2.05, 4.69) is 20.8 Å². The SMILES string of the molecule is Cn1nnnc1-c1ccc(NC(N)=S)cc1. The summed E-state index contributed by atoms with van der Waals surface area (Å²) < 4.78 is 1.61. The van der Waals surface area contributed by atoms with Crippen LogP contribution in [0, 0.1) is 0 Å². The van der Waals surface area contributed by atoms with E-state index in [0.29, 0.717) is 5.82 Å². The van der Waals surface area contributed by atoms with Gasteiger partial charge in [-0.2, -0.15) is 0 Å². The fraction of sp³-hybridized carbons (Fsp3) is 0.111. The second-order valence-electron chi connectivity index (χ2n) is 3.19. The number of nitrogens with zero attached hydrogens (tertiary/aromatic N) is 4. The van der Waals surface area contributed by atoms with E-state index >= 15 is 0 Å². The molecule has 82 valence electrons. The molecule has 6 nitrogen and oxygen atoms in total. The summed E-state index contributed by atoms with van der Waals surface area (Å²) in [4.78, 5) is 0. The Kier molecular flexibility index (Phi) is 2.78. The fourth-order valence-electron chi connectivity index (χ4n) is 1.32. The third-order valence-electron chi connectivity index (χ3n) is 2.03. The first-order valence-corrected chi connectivity index (χ1v) is 4.97. The number of nitrogens with one attached hydrogen (secondary N) is 1. The van der Waals surface area contributed by atoms with Crippen LogP contribution in [0.25, 0.3) is 11.4 Å². The smallest absolute Gasteiger partial charge is 0.181 e. The van der Waals surface area contributed by atoms with E-state index in [1.165, 1.54) is 0 Å². The predicted octanol–water partition coefficient (Wildman–Crippen LogP) is 0.533. The average Bonchev–Trinajstić information content (AvgIpc) is 2.65. The van der Waals surface area contributed by atoms with Gasteiger partial charge in [-0.3, -0.25) is 0 Å². The Hall–Kier alpha value is -2.02. The zero-order valence-electron chi connectivity index (χ0n) is 8.58. The molecule has 3 N–H and O–H groups in total. The third kappa shape index (κ3) is 2.14. The van der Waals surface area contributed by atoms with Gasteiger partial charge in [0, 0.05) is 18.3 Å². The predicted molar refractivity (Wildman–Crippen MR) is 64.6 cm³/mol. The van der Waals surface area contributed by atoms with E-state index in [1.807, 2.05) is 24.3 Å². The van der Waals surface area contributed by atoms with Crippen LogP contribution >= 0.6 is 12.2 Å². The summed E-state index contributed by atoms with van der Waals surface area (Å²) >= 11 is 4.74. The normalized spacial score (nSPS) is 10.1. The maximum Gasteiger partial charge on any atom is 0.181 e. The minimum Gasteiger partial charge on any atom is -0.376 e. The number of hydrogen-bond donors (Lipinski definition) is 2. The Morgan fingerprint density at radius 2 is 2.06 bits per heavy atom. The summed E-state index contributed by atoms with van der Waals surface area (Å²) in [7, 11) is 1.79. The van der Waals surface area contributed by atoms with Crippen molar-refractivity contribution in [3.05, 3.63) is 24.3 Å². The second-order valence-corrected chi connectivity index (χ2v) is 3.63. The van der Waals surface area contributed by atoms with Crippen molar-refractivity contribution in [1.29, 1.82) is 0 Å². The van der Waals surface area contributed by atoms with Crippen LogP contribution in [0.4, 0.5) is 5.69 Å². The summed E-state index contributed by atoms with van der Waals surface area (Å²) in [5, 5.41) is 14.3. The first-order valence-electron chi connectivity index (χ1n) is 4.56. The van der Waals surface area contributed by atoms with Crippen molar-refractivity contribution in [2.75, 3.05) is 5.32 Å². The highest BCUT2D eigenvalue weighted by Crippen LogP contribution is 2.17. The Morgan fingerprint density at radius 3 is 2.56 bits per heavy atom. The number of hydrogen-bond acceptors (Lipinski definition) is 4. The number of aromatic nitrogens is 4. The molecule has 1 aromatic carbocycles. The van der Waals surface area contributed by atoms with Gasteiger partial charge in [0.2, 0.25) is 0 Å². The molecule has 16 heavy (non-hydrogen) atoms. The van der Waals surface area contributed by atoms with Gasteiger partial charge in [0.1, 0.15) is 0 Å². The van der Waals surface area contributed by atoms with Crippen molar-refractivity contribution < 1.29 is 0 Å². The molecule has 1 heterocycles. The third-order valence-corrected chi connectivity index (χ3v) is 2.13. The molecule has 0 fully saturated rings. The highest BCUT2D eigenvalue weighted by molar-refractivity contribution is 7.80. The summed E-state index contributed by atoms with van der Waals surface area (Å²) in [5.74, 6) is 0.710. The summed E-state index contributed by atoms with van der Waals surface area (Å²) in [6.45, 7) is 0. The number of benzene rings is 1. The maximum absolute atomic E-state index is 5.37. The van der Waals surface area contributed by atoms with Crippen molar-refractivity contribution in [3.8, 4) is 11.4 Å². The number of rotatable bonds is 2. The molecular formula is C9H10N6S. The van der Waals surface area contributed by atoms with Crippen LogP contribution < -0.4 is 11.1 Å². The molecule has 0 spiro atoms. The molecule has 0 aliphatic rings. The molecule has 1 aromatic heterocycles. The quantitative estimate of drug-likeness (QED) is 0.738. The van der Waals surface area contributed by atoms with E-state index in [1.54, 1.807) is 11.7 Å². The lowest BCUT2D eigenvalue weighted by Crippen LogP contribution is -2.18. The molecule has 2 aromatic rings. The number of tetrazole rings is 1. The van der Waals surface area contributed by atoms with Gasteiger partial charge < -0.3 is 11.1 Å². The van der Waals surface area contributed by atoms with Gasteiger partial charge in [-0.15, -0.1) is 5.10 Å². The van der Waals surface area contributed by atoms with Gasteiger partial charge in [-0.05, 0) is 46.9 Å². The Morgan fingerprint density at radius 1 is 1.38 bits per heavy atom. The molecule has 0 saturated heterocycles. The molecule has 2 rings (SSSR count). The van der Waals surface area contributed by atoms with Crippen molar-refractivity contribution in [3.63, 3.8) is 0 Å². The second kappa shape index (κ2) is 4.23. The van der Waals surface area contributed by atoms with E-state index in [0.717, 1.165) is 11.3 Å². The molecule has 0 atom stereocenters. The van der Waals surface area contributed by atoms with E-state index in [4.69, 9.17) is 18.0 Å². The molecule has 0 radical (unpaired) electrons. The first kappa shape index (κ1) is 10.5. The van der Waals surface area contributed by atoms with Crippen LogP contribution in [0.15, 0.2) is 24.3 Å². The average molecular weight is 234 g/mol. The van der Waals surface area contributed by atoms with Crippen molar-refractivity contribution in [1.82, 2.24) is 20.2 Å². The minimum atomic E-state index is 0.244. The molecule has 7 heteroatoms. The molecule has 0 saturated carbocycles. The molecule has 0 aliphatic carbocycles. The topological polar surface area (TPSA) is 81.7 Å². The van der Waals surface area contributed by atoms with Crippen LogP contribution in [0.3, 0.4) is 0 Å². The zero-order chi connectivity index (χ0) is 11.5. The van der Waals surface area contributed by atoms with Gasteiger partial charge >= 0.3 is 0 Å². The standard InChI is InChI=1S/C9H10N6S/c1-15-8(12-13-14-15)6-2-4-7(5-3-6)11-9(10)16/h2-5H,1H3,(H3,10,11,16). The summed E-state index contributed by atoms with van der Waals surface area (Å²) in [5.41, 5.74) is 7.14. The zero-order valence-corrected chi connectivity index (χ0v) is 9.40. The number of thiocarbonyl (C=S) groups is 1. The highest BCUT2D eigenvalue weighted by Gasteiger charge is 2.04. The van der Waals surface area contributed by atoms with Gasteiger partial charge in [0.15, 0.2) is 10.9 Å². The maximum atomic E-state index is 5.37. The van der Waals surface area contributed by atoms with Crippen molar-refractivity contribution in [2.45, 2.75) is 0 Å². The van der Waals surface area contributed by atoms with Gasteiger partial charge in [-0.1, -0.05) is 0 Å². The van der Waals surface area contributed by atoms with Crippen LogP contribution in [0.5, 0.6) is 0 Å².